The summed E-state index contributed by atoms with van der Waals surface area (Å²) in [5, 5.41) is 1.56. The van der Waals surface area contributed by atoms with E-state index in [9.17, 15) is 4.79 Å². The SMILES string of the molecule is CCOC(=O)[C@@H](OC(C)(C)C)c1c(C)cc2nc(-c3ccc4c(c3)CC=N4)sc2c1-c1ccc(Cl)cc1. The highest BCUT2D eigenvalue weighted by atomic mass is 35.5. The second-order valence-electron chi connectivity index (χ2n) is 10.1. The summed E-state index contributed by atoms with van der Waals surface area (Å²) in [6, 6.07) is 16.0. The molecule has 0 fully saturated rings. The number of aromatic nitrogens is 1. The Morgan fingerprint density at radius 3 is 2.54 bits per heavy atom. The summed E-state index contributed by atoms with van der Waals surface area (Å²) in [4.78, 5) is 22.7. The maximum absolute atomic E-state index is 13.3. The predicted molar refractivity (Wildman–Crippen MR) is 152 cm³/mol. The van der Waals surface area contributed by atoms with Crippen molar-refractivity contribution < 1.29 is 14.3 Å². The Balaban J connectivity index is 1.76. The minimum atomic E-state index is -0.891. The molecule has 0 bridgehead atoms. The van der Waals surface area contributed by atoms with Crippen LogP contribution >= 0.6 is 22.9 Å². The summed E-state index contributed by atoms with van der Waals surface area (Å²) in [5.41, 5.74) is 7.15. The minimum absolute atomic E-state index is 0.271. The van der Waals surface area contributed by atoms with Gasteiger partial charge in [0.25, 0.3) is 0 Å². The van der Waals surface area contributed by atoms with E-state index >= 15 is 0 Å². The van der Waals surface area contributed by atoms with Gasteiger partial charge in [0.2, 0.25) is 0 Å². The second-order valence-corrected chi connectivity index (χ2v) is 11.5. The summed E-state index contributed by atoms with van der Waals surface area (Å²) in [7, 11) is 0. The first-order valence-electron chi connectivity index (χ1n) is 12.3. The Labute approximate surface area is 226 Å². The van der Waals surface area contributed by atoms with Gasteiger partial charge < -0.3 is 9.47 Å². The van der Waals surface area contributed by atoms with E-state index in [0.717, 1.165) is 55.1 Å². The minimum Gasteiger partial charge on any atom is -0.464 e. The Bertz CT molecular complexity index is 1520. The van der Waals surface area contributed by atoms with Crippen molar-refractivity contribution in [3.63, 3.8) is 0 Å². The number of benzene rings is 3. The fraction of sp³-hybridized carbons (Fsp3) is 0.300. The molecule has 1 atom stereocenters. The zero-order chi connectivity index (χ0) is 26.3. The van der Waals surface area contributed by atoms with Gasteiger partial charge in [-0.2, -0.15) is 0 Å². The van der Waals surface area contributed by atoms with Gasteiger partial charge in [-0.25, -0.2) is 9.78 Å². The Kier molecular flexibility index (Phi) is 6.92. The first-order valence-corrected chi connectivity index (χ1v) is 13.5. The van der Waals surface area contributed by atoms with Crippen LogP contribution in [0.15, 0.2) is 53.5 Å². The smallest absolute Gasteiger partial charge is 0.339 e. The number of aliphatic imine (C=N–C) groups is 1. The molecular weight excluding hydrogens is 504 g/mol. The number of ether oxygens (including phenoxy) is 2. The molecule has 0 amide bonds. The van der Waals surface area contributed by atoms with Crippen molar-refractivity contribution in [1.82, 2.24) is 4.98 Å². The fourth-order valence-corrected chi connectivity index (χ4v) is 5.87. The lowest BCUT2D eigenvalue weighted by molar-refractivity contribution is -0.166. The molecule has 3 aromatic carbocycles. The number of rotatable bonds is 6. The van der Waals surface area contributed by atoms with Gasteiger partial charge in [-0.15, -0.1) is 11.3 Å². The molecule has 7 heteroatoms. The molecule has 1 aromatic heterocycles. The lowest BCUT2D eigenvalue weighted by Gasteiger charge is -2.29. The van der Waals surface area contributed by atoms with Crippen molar-refractivity contribution >= 4 is 51.0 Å². The molecule has 0 saturated heterocycles. The molecular formula is C30H29ClN2O3S. The molecule has 1 aliphatic rings. The van der Waals surface area contributed by atoms with Gasteiger partial charge >= 0.3 is 5.97 Å². The topological polar surface area (TPSA) is 60.8 Å². The van der Waals surface area contributed by atoms with Crippen LogP contribution in [-0.4, -0.2) is 29.4 Å². The molecule has 5 rings (SSSR count). The highest BCUT2D eigenvalue weighted by molar-refractivity contribution is 7.22. The number of halogens is 1. The molecule has 5 nitrogen and oxygen atoms in total. The first kappa shape index (κ1) is 25.6. The summed E-state index contributed by atoms with van der Waals surface area (Å²) >= 11 is 7.85. The van der Waals surface area contributed by atoms with E-state index in [0.29, 0.717) is 5.02 Å². The third-order valence-corrected chi connectivity index (χ3v) is 7.55. The van der Waals surface area contributed by atoms with Crippen LogP contribution in [-0.2, 0) is 20.7 Å². The van der Waals surface area contributed by atoms with Crippen LogP contribution in [0.2, 0.25) is 5.02 Å². The van der Waals surface area contributed by atoms with Crippen molar-refractivity contribution in [1.29, 1.82) is 0 Å². The van der Waals surface area contributed by atoms with E-state index < -0.39 is 17.7 Å². The van der Waals surface area contributed by atoms with Gasteiger partial charge in [-0.1, -0.05) is 23.7 Å². The van der Waals surface area contributed by atoms with Crippen LogP contribution in [0.25, 0.3) is 31.9 Å². The maximum atomic E-state index is 13.3. The molecule has 0 spiro atoms. The van der Waals surface area contributed by atoms with Gasteiger partial charge in [0.05, 0.1) is 28.1 Å². The molecule has 0 saturated carbocycles. The molecule has 37 heavy (non-hydrogen) atoms. The Hall–Kier alpha value is -3.06. The second kappa shape index (κ2) is 10.0. The number of fused-ring (bicyclic) bond motifs is 2. The molecule has 2 heterocycles. The monoisotopic (exact) mass is 532 g/mol. The number of carbonyl (C=O) groups excluding carboxylic acids is 1. The Morgan fingerprint density at radius 2 is 1.84 bits per heavy atom. The van der Waals surface area contributed by atoms with Crippen molar-refractivity contribution in [3.05, 3.63) is 70.2 Å². The van der Waals surface area contributed by atoms with Crippen LogP contribution in [0.5, 0.6) is 0 Å². The van der Waals surface area contributed by atoms with Crippen LogP contribution in [0.4, 0.5) is 5.69 Å². The normalized spacial score (nSPS) is 13.7. The van der Waals surface area contributed by atoms with Gasteiger partial charge in [0, 0.05) is 34.3 Å². The van der Waals surface area contributed by atoms with E-state index in [-0.39, 0.29) is 6.61 Å². The number of hydrogen-bond acceptors (Lipinski definition) is 6. The first-order chi connectivity index (χ1) is 17.6. The lowest BCUT2D eigenvalue weighted by atomic mass is 9.91. The van der Waals surface area contributed by atoms with Crippen LogP contribution in [0.1, 0.15) is 50.5 Å². The quantitative estimate of drug-likeness (QED) is 0.234. The van der Waals surface area contributed by atoms with Crippen LogP contribution in [0.3, 0.4) is 0 Å². The van der Waals surface area contributed by atoms with E-state index in [1.165, 1.54) is 5.56 Å². The van der Waals surface area contributed by atoms with Gasteiger partial charge in [-0.05, 0) is 87.7 Å². The number of nitrogens with zero attached hydrogens (tertiary/aromatic N) is 2. The summed E-state index contributed by atoms with van der Waals surface area (Å²) in [6.45, 7) is 9.90. The van der Waals surface area contributed by atoms with Crippen molar-refractivity contribution in [2.45, 2.75) is 52.7 Å². The summed E-state index contributed by atoms with van der Waals surface area (Å²) in [5.74, 6) is -0.404. The molecule has 190 valence electrons. The zero-order valence-corrected chi connectivity index (χ0v) is 23.2. The largest absolute Gasteiger partial charge is 0.464 e. The Morgan fingerprint density at radius 1 is 1.11 bits per heavy atom. The average molecular weight is 533 g/mol. The molecule has 0 unspecified atom stereocenters. The van der Waals surface area contributed by atoms with Crippen LogP contribution in [0, 0.1) is 6.92 Å². The number of carbonyl (C=O) groups is 1. The third kappa shape index (κ3) is 5.19. The molecule has 0 N–H and O–H groups in total. The van der Waals surface area contributed by atoms with Gasteiger partial charge in [-0.3, -0.25) is 4.99 Å². The number of thiazole rings is 1. The highest BCUT2D eigenvalue weighted by Gasteiger charge is 2.33. The predicted octanol–water partition coefficient (Wildman–Crippen LogP) is 8.27. The molecule has 1 aliphatic heterocycles. The van der Waals surface area contributed by atoms with E-state index in [4.69, 9.17) is 26.1 Å². The number of aryl methyl sites for hydroxylation is 1. The van der Waals surface area contributed by atoms with E-state index in [1.807, 2.05) is 70.3 Å². The number of hydrogen-bond donors (Lipinski definition) is 0. The zero-order valence-electron chi connectivity index (χ0n) is 21.6. The third-order valence-electron chi connectivity index (χ3n) is 6.16. The van der Waals surface area contributed by atoms with Crippen molar-refractivity contribution in [2.75, 3.05) is 6.61 Å². The molecule has 0 aliphatic carbocycles. The summed E-state index contributed by atoms with van der Waals surface area (Å²) in [6.07, 6.45) is 1.88. The highest BCUT2D eigenvalue weighted by Crippen LogP contribution is 2.45. The lowest BCUT2D eigenvalue weighted by Crippen LogP contribution is -2.29. The van der Waals surface area contributed by atoms with E-state index in [2.05, 4.69) is 17.1 Å². The standard InChI is InChI=1S/C30H29ClN2O3S/c1-6-35-29(34)26(36-30(3,4)5)24-17(2)15-23-27(25(24)18-7-10-21(31)11-8-18)37-28(33-23)20-9-12-22-19(16-20)13-14-32-22/h7-12,14-16,26H,6,13H2,1-5H3/t26-/m0/s1. The van der Waals surface area contributed by atoms with Crippen molar-refractivity contribution in [2.24, 2.45) is 4.99 Å². The maximum Gasteiger partial charge on any atom is 0.339 e. The van der Waals surface area contributed by atoms with Crippen LogP contribution < -0.4 is 0 Å². The van der Waals surface area contributed by atoms with Gasteiger partial charge in [0.15, 0.2) is 6.10 Å². The molecule has 0 radical (unpaired) electrons. The summed E-state index contributed by atoms with van der Waals surface area (Å²) < 4.78 is 12.8. The number of esters is 1. The van der Waals surface area contributed by atoms with Gasteiger partial charge in [0.1, 0.15) is 5.01 Å². The van der Waals surface area contributed by atoms with E-state index in [1.54, 1.807) is 18.3 Å². The average Bonchev–Trinajstić information content (AvgIpc) is 3.48. The fourth-order valence-electron chi connectivity index (χ4n) is 4.62. The van der Waals surface area contributed by atoms with Crippen molar-refractivity contribution in [3.8, 4) is 21.7 Å². The molecule has 4 aromatic rings.